The number of benzene rings is 1. The van der Waals surface area contributed by atoms with Gasteiger partial charge < -0.3 is 20.0 Å². The molecule has 21 heavy (non-hydrogen) atoms. The summed E-state index contributed by atoms with van der Waals surface area (Å²) in [6.07, 6.45) is 0.0866. The van der Waals surface area contributed by atoms with Gasteiger partial charge in [0, 0.05) is 0 Å². The van der Waals surface area contributed by atoms with Crippen LogP contribution in [0.5, 0.6) is 5.75 Å². The number of carbonyl (C=O) groups excluding carboxylic acids is 1. The number of nitrogens with one attached hydrogen (secondary N) is 1. The maximum atomic E-state index is 11.3. The van der Waals surface area contributed by atoms with Gasteiger partial charge in [0.05, 0.1) is 6.61 Å². The summed E-state index contributed by atoms with van der Waals surface area (Å²) in [5.41, 5.74) is 0.811. The van der Waals surface area contributed by atoms with Gasteiger partial charge in [-0.3, -0.25) is 4.79 Å². The molecule has 0 aromatic heterocycles. The highest BCUT2D eigenvalue weighted by Gasteiger charge is 2.06. The minimum absolute atomic E-state index is 0.0167. The van der Waals surface area contributed by atoms with Gasteiger partial charge in [-0.05, 0) is 30.5 Å². The molecule has 0 saturated carbocycles. The van der Waals surface area contributed by atoms with E-state index in [-0.39, 0.29) is 12.4 Å². The van der Waals surface area contributed by atoms with E-state index >= 15 is 0 Å². The fraction of sp³-hybridized carbons (Fsp3) is 0.333. The summed E-state index contributed by atoms with van der Waals surface area (Å²) >= 11 is 0. The number of aryl methyl sites for hydroxylation is 1. The minimum atomic E-state index is -1.17. The van der Waals surface area contributed by atoms with E-state index in [1.807, 2.05) is 0 Å². The molecular weight excluding hydrogens is 284 g/mol. The topological polar surface area (TPSA) is 128 Å². The molecule has 1 amide bonds. The first kappa shape index (κ1) is 16.2. The Bertz CT molecular complexity index is 518. The van der Waals surface area contributed by atoms with Gasteiger partial charge in [-0.2, -0.15) is 0 Å². The van der Waals surface area contributed by atoms with Crippen molar-refractivity contribution in [2.75, 3.05) is 13.2 Å². The van der Waals surface area contributed by atoms with Crippen LogP contribution in [-0.2, 0) is 16.1 Å². The predicted octanol–water partition coefficient (Wildman–Crippen LogP) is 1.00. The molecule has 1 rings (SSSR count). The first-order valence-electron chi connectivity index (χ1n) is 6.01. The van der Waals surface area contributed by atoms with Crippen LogP contribution in [0.15, 0.2) is 24.3 Å². The van der Waals surface area contributed by atoms with Gasteiger partial charge in [-0.1, -0.05) is 12.1 Å². The van der Waals surface area contributed by atoms with Crippen LogP contribution in [0, 0.1) is 10.1 Å². The first-order valence-corrected chi connectivity index (χ1v) is 6.01. The fourth-order valence-corrected chi connectivity index (χ4v) is 1.47. The second-order valence-electron chi connectivity index (χ2n) is 3.94. The number of ether oxygens (including phenoxy) is 1. The average Bonchev–Trinajstić information content (AvgIpc) is 2.42. The van der Waals surface area contributed by atoms with Crippen LogP contribution in [0.2, 0.25) is 0 Å². The normalized spacial score (nSPS) is 9.71. The number of carboxylic acids is 1. The fourth-order valence-electron chi connectivity index (χ4n) is 1.47. The highest BCUT2D eigenvalue weighted by atomic mass is 16.9. The van der Waals surface area contributed by atoms with Gasteiger partial charge >= 0.3 is 12.1 Å². The molecule has 0 heterocycles. The minimum Gasteiger partial charge on any atom is -0.480 e. The second kappa shape index (κ2) is 8.35. The lowest BCUT2D eigenvalue weighted by Gasteiger charge is -2.07. The predicted molar refractivity (Wildman–Crippen MR) is 69.4 cm³/mol. The largest absolute Gasteiger partial charge is 0.480 e. The van der Waals surface area contributed by atoms with E-state index in [9.17, 15) is 19.7 Å². The lowest BCUT2D eigenvalue weighted by atomic mass is 10.1. The van der Waals surface area contributed by atoms with Gasteiger partial charge in [0.1, 0.15) is 12.3 Å². The number of nitrogens with zero attached hydrogens (tertiary/aromatic N) is 1. The van der Waals surface area contributed by atoms with Crippen molar-refractivity contribution in [1.82, 2.24) is 5.32 Å². The Morgan fingerprint density at radius 1 is 1.38 bits per heavy atom. The summed E-state index contributed by atoms with van der Waals surface area (Å²) in [5, 5.41) is 19.6. The number of carbonyl (C=O) groups is 2. The van der Waals surface area contributed by atoms with E-state index in [0.29, 0.717) is 12.8 Å². The number of aliphatic carboxylic acids is 1. The molecule has 0 atom stereocenters. The summed E-state index contributed by atoms with van der Waals surface area (Å²) in [6.45, 7) is -0.548. The Morgan fingerprint density at radius 2 is 2.14 bits per heavy atom. The molecule has 114 valence electrons. The summed E-state index contributed by atoms with van der Waals surface area (Å²) in [5.74, 6) is -0.919. The quantitative estimate of drug-likeness (QED) is 0.416. The van der Waals surface area contributed by atoms with Crippen molar-refractivity contribution in [2.24, 2.45) is 0 Å². The van der Waals surface area contributed by atoms with E-state index in [2.05, 4.69) is 10.2 Å². The molecule has 9 heteroatoms. The van der Waals surface area contributed by atoms with Crippen molar-refractivity contribution in [2.45, 2.75) is 12.8 Å². The van der Waals surface area contributed by atoms with Crippen LogP contribution >= 0.6 is 0 Å². The molecule has 1 aromatic rings. The summed E-state index contributed by atoms with van der Waals surface area (Å²) < 4.78 is 4.90. The number of rotatable bonds is 8. The molecule has 0 bridgehead atoms. The Hall–Kier alpha value is -2.84. The average molecular weight is 298 g/mol. The third kappa shape index (κ3) is 7.35. The van der Waals surface area contributed by atoms with Gasteiger partial charge in [-0.15, -0.1) is 10.1 Å². The number of hydrogen-bond acceptors (Lipinski definition) is 6. The maximum Gasteiger partial charge on any atom is 0.413 e. The standard InChI is InChI=1S/C12H14N2O7/c15-11(16)8-13-12(17)21-10-5-1-3-9(7-10)4-2-6-20-14(18)19/h1,3,5,7H,2,4,6,8H2,(H,13,17)(H,15,16). The van der Waals surface area contributed by atoms with Crippen molar-refractivity contribution < 1.29 is 29.4 Å². The molecule has 0 saturated heterocycles. The molecule has 0 radical (unpaired) electrons. The van der Waals surface area contributed by atoms with Gasteiger partial charge in [0.2, 0.25) is 0 Å². The van der Waals surface area contributed by atoms with Crippen LogP contribution in [0.25, 0.3) is 0 Å². The molecular formula is C12H14N2O7. The SMILES string of the molecule is O=C(O)CNC(=O)Oc1cccc(CCCO[N+](=O)[O-])c1. The van der Waals surface area contributed by atoms with Crippen LogP contribution in [0.1, 0.15) is 12.0 Å². The van der Waals surface area contributed by atoms with Crippen LogP contribution in [0.4, 0.5) is 4.79 Å². The van der Waals surface area contributed by atoms with Crippen LogP contribution in [-0.4, -0.2) is 35.4 Å². The number of amides is 1. The van der Waals surface area contributed by atoms with Crippen molar-refractivity contribution in [3.8, 4) is 5.75 Å². The van der Waals surface area contributed by atoms with E-state index < -0.39 is 23.7 Å². The van der Waals surface area contributed by atoms with Crippen molar-refractivity contribution in [3.05, 3.63) is 39.9 Å². The van der Waals surface area contributed by atoms with Gasteiger partial charge in [0.15, 0.2) is 0 Å². The number of hydrogen-bond donors (Lipinski definition) is 2. The van der Waals surface area contributed by atoms with Gasteiger partial charge in [0.25, 0.3) is 5.09 Å². The molecule has 9 nitrogen and oxygen atoms in total. The van der Waals surface area contributed by atoms with Crippen LogP contribution in [0.3, 0.4) is 0 Å². The van der Waals surface area contributed by atoms with E-state index in [4.69, 9.17) is 9.84 Å². The molecule has 0 aliphatic heterocycles. The third-order valence-corrected chi connectivity index (χ3v) is 2.30. The Kier molecular flexibility index (Phi) is 6.45. The zero-order valence-corrected chi connectivity index (χ0v) is 11.0. The molecule has 0 aliphatic rings. The summed E-state index contributed by atoms with van der Waals surface area (Å²) in [4.78, 5) is 35.7. The smallest absolute Gasteiger partial charge is 0.413 e. The van der Waals surface area contributed by atoms with E-state index in [0.717, 1.165) is 5.56 Å². The maximum absolute atomic E-state index is 11.3. The molecule has 0 spiro atoms. The lowest BCUT2D eigenvalue weighted by Crippen LogP contribution is -2.31. The summed E-state index contributed by atoms with van der Waals surface area (Å²) in [7, 11) is 0. The zero-order chi connectivity index (χ0) is 15.7. The third-order valence-electron chi connectivity index (χ3n) is 2.30. The van der Waals surface area contributed by atoms with Crippen molar-refractivity contribution >= 4 is 12.1 Å². The molecule has 0 aliphatic carbocycles. The molecule has 0 unspecified atom stereocenters. The van der Waals surface area contributed by atoms with E-state index in [1.165, 1.54) is 6.07 Å². The Morgan fingerprint density at radius 3 is 2.81 bits per heavy atom. The highest BCUT2D eigenvalue weighted by Crippen LogP contribution is 2.14. The molecule has 0 fully saturated rings. The highest BCUT2D eigenvalue weighted by molar-refractivity contribution is 5.77. The van der Waals surface area contributed by atoms with Gasteiger partial charge in [-0.25, -0.2) is 4.79 Å². The van der Waals surface area contributed by atoms with Crippen molar-refractivity contribution in [3.63, 3.8) is 0 Å². The Balaban J connectivity index is 2.42. The second-order valence-corrected chi connectivity index (χ2v) is 3.94. The molecule has 2 N–H and O–H groups in total. The first-order chi connectivity index (χ1) is 9.97. The van der Waals surface area contributed by atoms with Crippen molar-refractivity contribution in [1.29, 1.82) is 0 Å². The molecule has 1 aromatic carbocycles. The Labute approximate surface area is 119 Å². The van der Waals surface area contributed by atoms with Crippen LogP contribution < -0.4 is 10.1 Å². The number of carboxylic acid groups (broad SMARTS) is 1. The monoisotopic (exact) mass is 298 g/mol. The van der Waals surface area contributed by atoms with E-state index in [1.54, 1.807) is 18.2 Å². The lowest BCUT2D eigenvalue weighted by molar-refractivity contribution is -0.757. The summed E-state index contributed by atoms with van der Waals surface area (Å²) in [6, 6.07) is 6.56. The zero-order valence-electron chi connectivity index (χ0n) is 11.0.